The number of thioether (sulfide) groups is 1. The maximum absolute atomic E-state index is 11.8. The van der Waals surface area contributed by atoms with Gasteiger partial charge in [0.25, 0.3) is 0 Å². The van der Waals surface area contributed by atoms with Gasteiger partial charge in [-0.25, -0.2) is 4.79 Å². The summed E-state index contributed by atoms with van der Waals surface area (Å²) < 4.78 is 5.33. The van der Waals surface area contributed by atoms with Crippen LogP contribution in [-0.2, 0) is 4.74 Å². The zero-order chi connectivity index (χ0) is 14.2. The molecule has 1 saturated heterocycles. The van der Waals surface area contributed by atoms with Crippen molar-refractivity contribution in [3.05, 3.63) is 24.3 Å². The number of carbonyl (C=O) groups is 1. The van der Waals surface area contributed by atoms with Crippen molar-refractivity contribution in [3.63, 3.8) is 0 Å². The molecule has 0 aromatic heterocycles. The van der Waals surface area contributed by atoms with E-state index in [1.54, 1.807) is 11.8 Å². The Kier molecular flexibility index (Phi) is 6.21. The minimum Gasteiger partial charge on any atom is -0.381 e. The molecule has 5 heteroatoms. The van der Waals surface area contributed by atoms with Gasteiger partial charge in [0.05, 0.1) is 0 Å². The second-order valence-electron chi connectivity index (χ2n) is 4.98. The van der Waals surface area contributed by atoms with Gasteiger partial charge in [-0.05, 0) is 49.6 Å². The molecule has 1 aliphatic rings. The van der Waals surface area contributed by atoms with E-state index in [2.05, 4.69) is 10.6 Å². The third-order valence-electron chi connectivity index (χ3n) is 3.43. The Labute approximate surface area is 124 Å². The van der Waals surface area contributed by atoms with E-state index < -0.39 is 0 Å². The first-order valence-electron chi connectivity index (χ1n) is 7.04. The summed E-state index contributed by atoms with van der Waals surface area (Å²) in [4.78, 5) is 12.9. The molecular weight excluding hydrogens is 272 g/mol. The molecule has 1 unspecified atom stereocenters. The highest BCUT2D eigenvalue weighted by Gasteiger charge is 2.14. The minimum absolute atomic E-state index is 0.133. The lowest BCUT2D eigenvalue weighted by atomic mass is 10.0. The predicted octanol–water partition coefficient (Wildman–Crippen LogP) is 3.35. The fourth-order valence-electron chi connectivity index (χ4n) is 2.28. The van der Waals surface area contributed by atoms with Crippen LogP contribution in [0.5, 0.6) is 0 Å². The minimum atomic E-state index is -0.133. The number of hydrogen-bond donors (Lipinski definition) is 2. The summed E-state index contributed by atoms with van der Waals surface area (Å²) in [6, 6.07) is 7.71. The normalized spacial score (nSPS) is 17.9. The molecule has 0 aliphatic carbocycles. The van der Waals surface area contributed by atoms with Gasteiger partial charge in [0.2, 0.25) is 0 Å². The summed E-state index contributed by atoms with van der Waals surface area (Å²) in [5.41, 5.74) is 0.832. The van der Waals surface area contributed by atoms with Crippen molar-refractivity contribution < 1.29 is 9.53 Å². The number of urea groups is 1. The molecule has 2 amide bonds. The molecule has 0 saturated carbocycles. The maximum Gasteiger partial charge on any atom is 0.319 e. The summed E-state index contributed by atoms with van der Waals surface area (Å²) in [5, 5.41) is 5.75. The molecule has 1 fully saturated rings. The van der Waals surface area contributed by atoms with Crippen LogP contribution in [-0.4, -0.2) is 32.0 Å². The lowest BCUT2D eigenvalue weighted by Crippen LogP contribution is -2.29. The van der Waals surface area contributed by atoms with E-state index in [1.807, 2.05) is 30.5 Å². The van der Waals surface area contributed by atoms with Crippen molar-refractivity contribution in [1.82, 2.24) is 5.32 Å². The van der Waals surface area contributed by atoms with Gasteiger partial charge in [0.15, 0.2) is 0 Å². The molecule has 0 bridgehead atoms. The Balaban J connectivity index is 1.64. The van der Waals surface area contributed by atoms with E-state index in [1.165, 1.54) is 0 Å². The molecule has 1 aromatic carbocycles. The van der Waals surface area contributed by atoms with Crippen LogP contribution in [0.1, 0.15) is 19.3 Å². The first kappa shape index (κ1) is 15.2. The highest BCUT2D eigenvalue weighted by Crippen LogP contribution is 2.19. The summed E-state index contributed by atoms with van der Waals surface area (Å²) in [6.07, 6.45) is 5.31. The summed E-state index contributed by atoms with van der Waals surface area (Å²) in [6.45, 7) is 2.49. The van der Waals surface area contributed by atoms with E-state index in [-0.39, 0.29) is 6.03 Å². The van der Waals surface area contributed by atoms with Crippen molar-refractivity contribution in [3.8, 4) is 0 Å². The molecule has 110 valence electrons. The molecule has 1 atom stereocenters. The van der Waals surface area contributed by atoms with Crippen molar-refractivity contribution >= 4 is 23.5 Å². The van der Waals surface area contributed by atoms with E-state index in [0.29, 0.717) is 12.5 Å². The Morgan fingerprint density at radius 3 is 3.15 bits per heavy atom. The summed E-state index contributed by atoms with van der Waals surface area (Å²) in [7, 11) is 0. The number of carbonyl (C=O) groups excluding carboxylic acids is 1. The van der Waals surface area contributed by atoms with Gasteiger partial charge in [-0.3, -0.25) is 0 Å². The number of ether oxygens (including phenoxy) is 1. The van der Waals surface area contributed by atoms with Gasteiger partial charge in [-0.2, -0.15) is 0 Å². The Morgan fingerprint density at radius 1 is 1.50 bits per heavy atom. The van der Waals surface area contributed by atoms with Crippen molar-refractivity contribution in [2.45, 2.75) is 24.2 Å². The van der Waals surface area contributed by atoms with Crippen LogP contribution in [0.4, 0.5) is 10.5 Å². The van der Waals surface area contributed by atoms with Gasteiger partial charge < -0.3 is 15.4 Å². The van der Waals surface area contributed by atoms with Crippen LogP contribution >= 0.6 is 11.8 Å². The molecule has 1 heterocycles. The first-order chi connectivity index (χ1) is 9.78. The average molecular weight is 294 g/mol. The Bertz CT molecular complexity index is 434. The fraction of sp³-hybridized carbons (Fsp3) is 0.533. The SMILES string of the molecule is CSc1cccc(NC(=O)NCCCC2CCOC2)c1. The van der Waals surface area contributed by atoms with Gasteiger partial charge in [-0.15, -0.1) is 11.8 Å². The molecule has 1 aliphatic heterocycles. The largest absolute Gasteiger partial charge is 0.381 e. The van der Waals surface area contributed by atoms with Gasteiger partial charge in [-0.1, -0.05) is 6.07 Å². The molecule has 20 heavy (non-hydrogen) atoms. The average Bonchev–Trinajstić information content (AvgIpc) is 2.97. The highest BCUT2D eigenvalue weighted by atomic mass is 32.2. The van der Waals surface area contributed by atoms with Gasteiger partial charge >= 0.3 is 6.03 Å². The molecule has 4 nitrogen and oxygen atoms in total. The van der Waals surface area contributed by atoms with Crippen LogP contribution < -0.4 is 10.6 Å². The van der Waals surface area contributed by atoms with Crippen molar-refractivity contribution in [1.29, 1.82) is 0 Å². The fourth-order valence-corrected chi connectivity index (χ4v) is 2.74. The van der Waals surface area contributed by atoms with E-state index >= 15 is 0 Å². The zero-order valence-corrected chi connectivity index (χ0v) is 12.7. The van der Waals surface area contributed by atoms with Gasteiger partial charge in [0, 0.05) is 30.3 Å². The second-order valence-corrected chi connectivity index (χ2v) is 5.86. The van der Waals surface area contributed by atoms with Gasteiger partial charge in [0.1, 0.15) is 0 Å². The van der Waals surface area contributed by atoms with Crippen LogP contribution in [0.15, 0.2) is 29.2 Å². The molecule has 2 rings (SSSR count). The molecule has 0 radical (unpaired) electrons. The monoisotopic (exact) mass is 294 g/mol. The number of benzene rings is 1. The second kappa shape index (κ2) is 8.17. The van der Waals surface area contributed by atoms with Crippen LogP contribution in [0.25, 0.3) is 0 Å². The van der Waals surface area contributed by atoms with Crippen LogP contribution in [0.3, 0.4) is 0 Å². The number of amides is 2. The standard InChI is InChI=1S/C15H22N2O2S/c1-20-14-6-2-5-13(10-14)17-15(18)16-8-3-4-12-7-9-19-11-12/h2,5-6,10,12H,3-4,7-9,11H2,1H3,(H2,16,17,18). The molecule has 2 N–H and O–H groups in total. The molecule has 1 aromatic rings. The third kappa shape index (κ3) is 5.06. The topological polar surface area (TPSA) is 50.4 Å². The predicted molar refractivity (Wildman–Crippen MR) is 83.4 cm³/mol. The smallest absolute Gasteiger partial charge is 0.319 e. The van der Waals surface area contributed by atoms with E-state index in [9.17, 15) is 4.79 Å². The van der Waals surface area contributed by atoms with Crippen molar-refractivity contribution in [2.75, 3.05) is 31.3 Å². The number of nitrogens with one attached hydrogen (secondary N) is 2. The zero-order valence-electron chi connectivity index (χ0n) is 11.9. The van der Waals surface area contributed by atoms with E-state index in [4.69, 9.17) is 4.74 Å². The highest BCUT2D eigenvalue weighted by molar-refractivity contribution is 7.98. The summed E-state index contributed by atoms with van der Waals surface area (Å²) >= 11 is 1.66. The van der Waals surface area contributed by atoms with E-state index in [0.717, 1.165) is 43.1 Å². The third-order valence-corrected chi connectivity index (χ3v) is 4.15. The number of hydrogen-bond acceptors (Lipinski definition) is 3. The lowest BCUT2D eigenvalue weighted by molar-refractivity contribution is 0.184. The number of rotatable bonds is 6. The number of anilines is 1. The van der Waals surface area contributed by atoms with Crippen LogP contribution in [0.2, 0.25) is 0 Å². The Morgan fingerprint density at radius 2 is 2.40 bits per heavy atom. The first-order valence-corrected chi connectivity index (χ1v) is 8.27. The summed E-state index contributed by atoms with van der Waals surface area (Å²) in [5.74, 6) is 0.679. The quantitative estimate of drug-likeness (QED) is 0.625. The molecular formula is C15H22N2O2S. The Hall–Kier alpha value is -1.20. The lowest BCUT2D eigenvalue weighted by Gasteiger charge is -2.10. The van der Waals surface area contributed by atoms with Crippen molar-refractivity contribution in [2.24, 2.45) is 5.92 Å². The maximum atomic E-state index is 11.8. The molecule has 0 spiro atoms. The van der Waals surface area contributed by atoms with Crippen LogP contribution in [0, 0.1) is 5.92 Å².